The summed E-state index contributed by atoms with van der Waals surface area (Å²) in [5.41, 5.74) is 0.0405. The third-order valence-corrected chi connectivity index (χ3v) is 4.39. The number of piperazine rings is 1. The first-order valence-corrected chi connectivity index (χ1v) is 7.98. The van der Waals surface area contributed by atoms with Crippen molar-refractivity contribution in [2.75, 3.05) is 11.9 Å². The minimum absolute atomic E-state index is 0.0405. The maximum absolute atomic E-state index is 13.6. The fourth-order valence-electron chi connectivity index (χ4n) is 3.16. The van der Waals surface area contributed by atoms with Gasteiger partial charge in [-0.15, -0.1) is 0 Å². The molecule has 0 radical (unpaired) electrons. The number of rotatable bonds is 3. The lowest BCUT2D eigenvalue weighted by Gasteiger charge is -2.35. The molecule has 4 atom stereocenters. The molecule has 0 aliphatic carbocycles. The topological polar surface area (TPSA) is 111 Å². The number of halogens is 1. The third-order valence-electron chi connectivity index (χ3n) is 4.39. The zero-order valence-electron chi connectivity index (χ0n) is 13.5. The molecule has 4 amide bonds. The Labute approximate surface area is 143 Å². The Kier molecular flexibility index (Phi) is 4.58. The first kappa shape index (κ1) is 17.2. The first-order chi connectivity index (χ1) is 11.9. The predicted octanol–water partition coefficient (Wildman–Crippen LogP) is -0.204. The van der Waals surface area contributed by atoms with Gasteiger partial charge in [0, 0.05) is 6.54 Å². The molecular formula is C16H19FN4O4. The smallest absolute Gasteiger partial charge is 0.319 e. The Bertz CT molecular complexity index is 711. The average molecular weight is 350 g/mol. The van der Waals surface area contributed by atoms with Crippen LogP contribution >= 0.6 is 0 Å². The predicted molar refractivity (Wildman–Crippen MR) is 86.1 cm³/mol. The fraction of sp³-hybridized carbons (Fsp3) is 0.438. The van der Waals surface area contributed by atoms with Crippen molar-refractivity contribution in [3.05, 3.63) is 30.1 Å². The van der Waals surface area contributed by atoms with Crippen molar-refractivity contribution in [2.45, 2.75) is 37.6 Å². The first-order valence-electron chi connectivity index (χ1n) is 7.98. The number of hydrogen-bond acceptors (Lipinski definition) is 4. The Morgan fingerprint density at radius 3 is 2.80 bits per heavy atom. The lowest BCUT2D eigenvalue weighted by Crippen LogP contribution is -2.64. The number of anilines is 1. The molecule has 25 heavy (non-hydrogen) atoms. The largest absolute Gasteiger partial charge is 0.391 e. The highest BCUT2D eigenvalue weighted by molar-refractivity contribution is 5.98. The van der Waals surface area contributed by atoms with Gasteiger partial charge in [-0.05, 0) is 25.5 Å². The molecule has 2 saturated heterocycles. The molecule has 1 aromatic carbocycles. The van der Waals surface area contributed by atoms with E-state index in [1.54, 1.807) is 6.07 Å². The number of hydrogen-bond donors (Lipinski definition) is 4. The van der Waals surface area contributed by atoms with Crippen LogP contribution in [0.25, 0.3) is 0 Å². The zero-order valence-corrected chi connectivity index (χ0v) is 13.5. The van der Waals surface area contributed by atoms with Crippen LogP contribution < -0.4 is 16.0 Å². The second kappa shape index (κ2) is 6.67. The van der Waals surface area contributed by atoms with Crippen LogP contribution in [0.4, 0.5) is 14.9 Å². The van der Waals surface area contributed by atoms with Crippen LogP contribution in [0.3, 0.4) is 0 Å². The summed E-state index contributed by atoms with van der Waals surface area (Å²) in [6, 6.07) is 3.04. The summed E-state index contributed by atoms with van der Waals surface area (Å²) in [6.07, 6.45) is -0.747. The second-order valence-electron chi connectivity index (χ2n) is 6.24. The summed E-state index contributed by atoms with van der Waals surface area (Å²) in [6.45, 7) is 1.58. The van der Waals surface area contributed by atoms with Crippen LogP contribution in [-0.2, 0) is 9.59 Å². The van der Waals surface area contributed by atoms with Crippen LogP contribution in [0, 0.1) is 5.82 Å². The number of urea groups is 1. The number of para-hydroxylation sites is 1. The van der Waals surface area contributed by atoms with E-state index in [0.717, 1.165) is 0 Å². The van der Waals surface area contributed by atoms with E-state index in [1.807, 2.05) is 0 Å². The van der Waals surface area contributed by atoms with E-state index < -0.39 is 36.1 Å². The highest BCUT2D eigenvalue weighted by atomic mass is 19.1. The van der Waals surface area contributed by atoms with Crippen molar-refractivity contribution in [3.63, 3.8) is 0 Å². The van der Waals surface area contributed by atoms with Gasteiger partial charge in [0.2, 0.25) is 11.8 Å². The van der Waals surface area contributed by atoms with Crippen molar-refractivity contribution < 1.29 is 23.9 Å². The molecule has 2 heterocycles. The SMILES string of the molecule is C[C@H](O)[C@H]1NC(=O)[C@@H]2C[C@H](NC(=O)Nc3ccccc3F)CN2C1=O. The molecule has 2 fully saturated rings. The van der Waals surface area contributed by atoms with Gasteiger partial charge < -0.3 is 26.0 Å². The lowest BCUT2D eigenvalue weighted by atomic mass is 10.0. The average Bonchev–Trinajstić information content (AvgIpc) is 2.97. The minimum Gasteiger partial charge on any atom is -0.391 e. The number of nitrogens with zero attached hydrogens (tertiary/aromatic N) is 1. The molecule has 9 heteroatoms. The lowest BCUT2D eigenvalue weighted by molar-refractivity contribution is -0.149. The molecule has 3 rings (SSSR count). The highest BCUT2D eigenvalue weighted by Crippen LogP contribution is 2.24. The van der Waals surface area contributed by atoms with Crippen LogP contribution in [0.15, 0.2) is 24.3 Å². The Balaban J connectivity index is 1.63. The molecule has 0 unspecified atom stereocenters. The number of aliphatic hydroxyl groups excluding tert-OH is 1. The molecule has 2 aliphatic rings. The van der Waals surface area contributed by atoms with Crippen molar-refractivity contribution in [1.29, 1.82) is 0 Å². The molecule has 4 N–H and O–H groups in total. The molecule has 2 aliphatic heterocycles. The number of nitrogens with one attached hydrogen (secondary N) is 3. The van der Waals surface area contributed by atoms with Gasteiger partial charge in [-0.2, -0.15) is 0 Å². The summed E-state index contributed by atoms with van der Waals surface area (Å²) >= 11 is 0. The Hall–Kier alpha value is -2.68. The zero-order chi connectivity index (χ0) is 18.1. The van der Waals surface area contributed by atoms with Gasteiger partial charge in [0.15, 0.2) is 0 Å². The summed E-state index contributed by atoms with van der Waals surface area (Å²) in [5.74, 6) is -1.29. The maximum atomic E-state index is 13.6. The molecule has 1 aromatic rings. The number of amides is 4. The van der Waals surface area contributed by atoms with E-state index in [2.05, 4.69) is 16.0 Å². The monoisotopic (exact) mass is 350 g/mol. The quantitative estimate of drug-likeness (QED) is 0.605. The maximum Gasteiger partial charge on any atom is 0.319 e. The van der Waals surface area contributed by atoms with Crippen molar-refractivity contribution >= 4 is 23.5 Å². The van der Waals surface area contributed by atoms with Gasteiger partial charge in [0.05, 0.1) is 17.8 Å². The summed E-state index contributed by atoms with van der Waals surface area (Å²) in [4.78, 5) is 37.8. The summed E-state index contributed by atoms with van der Waals surface area (Å²) < 4.78 is 13.6. The van der Waals surface area contributed by atoms with E-state index in [9.17, 15) is 23.9 Å². The van der Waals surface area contributed by atoms with Crippen molar-refractivity contribution in [1.82, 2.24) is 15.5 Å². The molecule has 0 aromatic heterocycles. The number of aliphatic hydroxyl groups is 1. The summed E-state index contributed by atoms with van der Waals surface area (Å²) in [7, 11) is 0. The van der Waals surface area contributed by atoms with Crippen LogP contribution in [-0.4, -0.2) is 58.6 Å². The molecule has 8 nitrogen and oxygen atoms in total. The number of fused-ring (bicyclic) bond motifs is 1. The van der Waals surface area contributed by atoms with Gasteiger partial charge in [-0.25, -0.2) is 9.18 Å². The van der Waals surface area contributed by atoms with Gasteiger partial charge in [0.25, 0.3) is 0 Å². The second-order valence-corrected chi connectivity index (χ2v) is 6.24. The van der Waals surface area contributed by atoms with E-state index in [4.69, 9.17) is 0 Å². The number of carbonyl (C=O) groups is 3. The van der Waals surface area contributed by atoms with E-state index in [0.29, 0.717) is 0 Å². The Morgan fingerprint density at radius 2 is 2.12 bits per heavy atom. The third kappa shape index (κ3) is 3.41. The standard InChI is InChI=1S/C16H19FN4O4/c1-8(22)13-15(24)21-7-9(6-12(21)14(23)20-13)18-16(25)19-11-5-3-2-4-10(11)17/h2-5,8-9,12-13,22H,6-7H2,1H3,(H,20,23)(H2,18,19,25)/t8-,9-,12-,13+/m0/s1. The molecule has 0 saturated carbocycles. The fourth-order valence-corrected chi connectivity index (χ4v) is 3.16. The van der Waals surface area contributed by atoms with Crippen molar-refractivity contribution in [3.8, 4) is 0 Å². The van der Waals surface area contributed by atoms with Gasteiger partial charge in [-0.3, -0.25) is 9.59 Å². The van der Waals surface area contributed by atoms with Crippen LogP contribution in [0.2, 0.25) is 0 Å². The molecule has 0 bridgehead atoms. The highest BCUT2D eigenvalue weighted by Gasteiger charge is 2.47. The summed E-state index contributed by atoms with van der Waals surface area (Å²) in [5, 5.41) is 17.2. The van der Waals surface area contributed by atoms with Gasteiger partial charge in [-0.1, -0.05) is 12.1 Å². The van der Waals surface area contributed by atoms with Crippen LogP contribution in [0.1, 0.15) is 13.3 Å². The number of carbonyl (C=O) groups excluding carboxylic acids is 3. The minimum atomic E-state index is -1.01. The van der Waals surface area contributed by atoms with Crippen LogP contribution in [0.5, 0.6) is 0 Å². The molecular weight excluding hydrogens is 331 g/mol. The van der Waals surface area contributed by atoms with E-state index in [1.165, 1.54) is 30.0 Å². The van der Waals surface area contributed by atoms with Gasteiger partial charge in [0.1, 0.15) is 17.9 Å². The Morgan fingerprint density at radius 1 is 1.40 bits per heavy atom. The van der Waals surface area contributed by atoms with E-state index in [-0.39, 0.29) is 30.5 Å². The number of benzene rings is 1. The molecule has 0 spiro atoms. The van der Waals surface area contributed by atoms with Gasteiger partial charge >= 0.3 is 6.03 Å². The molecule has 134 valence electrons. The van der Waals surface area contributed by atoms with E-state index >= 15 is 0 Å². The van der Waals surface area contributed by atoms with Crippen molar-refractivity contribution in [2.24, 2.45) is 0 Å². The normalized spacial score (nSPS) is 26.7.